The van der Waals surface area contributed by atoms with Crippen molar-refractivity contribution in [1.82, 2.24) is 4.31 Å². The Morgan fingerprint density at radius 3 is 2.48 bits per heavy atom. The van der Waals surface area contributed by atoms with Gasteiger partial charge in [0.05, 0.1) is 16.7 Å². The van der Waals surface area contributed by atoms with Crippen molar-refractivity contribution in [3.05, 3.63) is 22.4 Å². The van der Waals surface area contributed by atoms with E-state index < -0.39 is 28.3 Å². The maximum atomic E-state index is 13.4. The van der Waals surface area contributed by atoms with Crippen LogP contribution in [0.3, 0.4) is 0 Å². The zero-order valence-electron chi connectivity index (χ0n) is 11.6. The van der Waals surface area contributed by atoms with E-state index in [1.165, 1.54) is 0 Å². The summed E-state index contributed by atoms with van der Waals surface area (Å²) in [5, 5.41) is 0. The Hall–Kier alpha value is -1.19. The van der Waals surface area contributed by atoms with E-state index in [9.17, 15) is 17.6 Å². The number of hydrogen-bond acceptors (Lipinski definition) is 4. The molecule has 6 nitrogen and oxygen atoms in total. The summed E-state index contributed by atoms with van der Waals surface area (Å²) in [4.78, 5) is 10.8. The van der Waals surface area contributed by atoms with Gasteiger partial charge in [-0.25, -0.2) is 12.8 Å². The average Bonchev–Trinajstić information content (AvgIpc) is 2.31. The van der Waals surface area contributed by atoms with Gasteiger partial charge in [-0.3, -0.25) is 4.79 Å². The summed E-state index contributed by atoms with van der Waals surface area (Å²) in [7, 11) is -4.05. The van der Waals surface area contributed by atoms with Crippen LogP contribution in [0.4, 0.5) is 10.1 Å². The first-order chi connectivity index (χ1) is 9.55. The number of nitrogen functional groups attached to an aromatic ring is 1. The third-order valence-electron chi connectivity index (χ3n) is 2.57. The van der Waals surface area contributed by atoms with E-state index in [4.69, 9.17) is 11.5 Å². The topological polar surface area (TPSA) is 106 Å². The molecule has 1 aromatic carbocycles. The van der Waals surface area contributed by atoms with Crippen molar-refractivity contribution in [3.63, 3.8) is 0 Å². The van der Waals surface area contributed by atoms with Crippen LogP contribution in [0.15, 0.2) is 21.5 Å². The first-order valence-electron chi connectivity index (χ1n) is 6.08. The minimum Gasteiger partial charge on any atom is -0.398 e. The van der Waals surface area contributed by atoms with Crippen molar-refractivity contribution < 1.29 is 17.6 Å². The summed E-state index contributed by atoms with van der Waals surface area (Å²) in [6, 6.07) is 1.99. The summed E-state index contributed by atoms with van der Waals surface area (Å²) in [6.45, 7) is 3.23. The number of carbonyl (C=O) groups is 1. The quantitative estimate of drug-likeness (QED) is 0.724. The Morgan fingerprint density at radius 2 is 2.00 bits per heavy atom. The van der Waals surface area contributed by atoms with E-state index in [0.29, 0.717) is 0 Å². The molecule has 1 rings (SSSR count). The zero-order chi connectivity index (χ0) is 16.4. The smallest absolute Gasteiger partial charge is 0.245 e. The third-order valence-corrected chi connectivity index (χ3v) is 5.05. The van der Waals surface area contributed by atoms with Gasteiger partial charge < -0.3 is 11.5 Å². The molecular weight excluding hydrogens is 365 g/mol. The maximum absolute atomic E-state index is 13.4. The predicted octanol–water partition coefficient (Wildman–Crippen LogP) is 1.30. The van der Waals surface area contributed by atoms with Crippen LogP contribution in [0.2, 0.25) is 0 Å². The van der Waals surface area contributed by atoms with Gasteiger partial charge in [0.2, 0.25) is 15.9 Å². The molecule has 1 aromatic rings. The molecule has 0 aromatic heterocycles. The fourth-order valence-electron chi connectivity index (χ4n) is 1.74. The third kappa shape index (κ3) is 4.39. The number of nitrogens with two attached hydrogens (primary N) is 2. The monoisotopic (exact) mass is 381 g/mol. The van der Waals surface area contributed by atoms with E-state index in [-0.39, 0.29) is 27.5 Å². The molecule has 0 saturated carbocycles. The molecule has 21 heavy (non-hydrogen) atoms. The number of hydrogen-bond donors (Lipinski definition) is 2. The Morgan fingerprint density at radius 1 is 1.43 bits per heavy atom. The van der Waals surface area contributed by atoms with Crippen LogP contribution >= 0.6 is 15.9 Å². The number of anilines is 1. The normalized spacial score (nSPS) is 12.1. The minimum atomic E-state index is -4.05. The van der Waals surface area contributed by atoms with Gasteiger partial charge in [0, 0.05) is 6.54 Å². The number of benzene rings is 1. The first kappa shape index (κ1) is 17.9. The molecule has 1 amide bonds. The zero-order valence-corrected chi connectivity index (χ0v) is 14.0. The lowest BCUT2D eigenvalue weighted by atomic mass is 10.2. The molecule has 0 aliphatic heterocycles. The number of carbonyl (C=O) groups excluding carboxylic acids is 1. The van der Waals surface area contributed by atoms with E-state index in [0.717, 1.165) is 16.4 Å². The maximum Gasteiger partial charge on any atom is 0.245 e. The lowest BCUT2D eigenvalue weighted by Gasteiger charge is -2.23. The number of halogens is 2. The van der Waals surface area contributed by atoms with E-state index in [1.54, 1.807) is 13.8 Å². The standard InChI is InChI=1S/C12H17BrFN3O3S/c1-7(2)5-17(6-12(16)18)21(19,20)11-3-8(13)9(14)4-10(11)15/h3-4,7H,5-6,15H2,1-2H3,(H2,16,18). The summed E-state index contributed by atoms with van der Waals surface area (Å²) >= 11 is 2.92. The summed E-state index contributed by atoms with van der Waals surface area (Å²) in [5.41, 5.74) is 10.5. The Balaban J connectivity index is 3.34. The lowest BCUT2D eigenvalue weighted by molar-refractivity contribution is -0.118. The Kier molecular flexibility index (Phi) is 5.71. The Bertz CT molecular complexity index is 649. The van der Waals surface area contributed by atoms with Crippen molar-refractivity contribution in [2.24, 2.45) is 11.7 Å². The minimum absolute atomic E-state index is 0.0239. The molecule has 9 heteroatoms. The second-order valence-electron chi connectivity index (χ2n) is 4.96. The molecule has 0 spiro atoms. The summed E-state index contributed by atoms with van der Waals surface area (Å²) in [6.07, 6.45) is 0. The van der Waals surface area contributed by atoms with Crippen molar-refractivity contribution in [3.8, 4) is 0 Å². The summed E-state index contributed by atoms with van der Waals surface area (Å²) in [5.74, 6) is -1.47. The van der Waals surface area contributed by atoms with Crippen molar-refractivity contribution in [1.29, 1.82) is 0 Å². The van der Waals surface area contributed by atoms with Gasteiger partial charge in [0.25, 0.3) is 0 Å². The van der Waals surface area contributed by atoms with Crippen molar-refractivity contribution in [2.45, 2.75) is 18.7 Å². The highest BCUT2D eigenvalue weighted by Gasteiger charge is 2.29. The van der Waals surface area contributed by atoms with E-state index in [1.807, 2.05) is 0 Å². The molecule has 0 atom stereocenters. The molecule has 0 aliphatic rings. The second kappa shape index (κ2) is 6.71. The van der Waals surface area contributed by atoms with Crippen molar-refractivity contribution >= 4 is 37.5 Å². The van der Waals surface area contributed by atoms with E-state index in [2.05, 4.69) is 15.9 Å². The molecular formula is C12H17BrFN3O3S. The predicted molar refractivity (Wildman–Crippen MR) is 81.3 cm³/mol. The van der Waals surface area contributed by atoms with Gasteiger partial charge in [-0.1, -0.05) is 13.8 Å². The molecule has 0 fully saturated rings. The van der Waals surface area contributed by atoms with Gasteiger partial charge in [-0.15, -0.1) is 0 Å². The number of sulfonamides is 1. The highest BCUT2D eigenvalue weighted by Crippen LogP contribution is 2.28. The average molecular weight is 382 g/mol. The lowest BCUT2D eigenvalue weighted by Crippen LogP contribution is -2.40. The van der Waals surface area contributed by atoms with Gasteiger partial charge >= 0.3 is 0 Å². The summed E-state index contributed by atoms with van der Waals surface area (Å²) < 4.78 is 39.4. The molecule has 0 radical (unpaired) electrons. The number of nitrogens with zero attached hydrogens (tertiary/aromatic N) is 1. The SMILES string of the molecule is CC(C)CN(CC(N)=O)S(=O)(=O)c1cc(Br)c(F)cc1N. The number of rotatable bonds is 6. The van der Waals surface area contributed by atoms with Crippen LogP contribution in [0, 0.1) is 11.7 Å². The van der Waals surface area contributed by atoms with Crippen LogP contribution in [0.5, 0.6) is 0 Å². The van der Waals surface area contributed by atoms with Gasteiger partial charge in [0.1, 0.15) is 10.7 Å². The largest absolute Gasteiger partial charge is 0.398 e. The number of primary amides is 1. The molecule has 0 bridgehead atoms. The molecule has 0 aliphatic carbocycles. The van der Waals surface area contributed by atoms with Gasteiger partial charge in [-0.05, 0) is 34.0 Å². The second-order valence-corrected chi connectivity index (χ2v) is 7.72. The highest BCUT2D eigenvalue weighted by atomic mass is 79.9. The van der Waals surface area contributed by atoms with Crippen LogP contribution in [-0.4, -0.2) is 31.7 Å². The van der Waals surface area contributed by atoms with Crippen molar-refractivity contribution in [2.75, 3.05) is 18.8 Å². The molecule has 0 heterocycles. The molecule has 4 N–H and O–H groups in total. The van der Waals surface area contributed by atoms with Crippen LogP contribution in [0.1, 0.15) is 13.8 Å². The number of amides is 1. The first-order valence-corrected chi connectivity index (χ1v) is 8.32. The van der Waals surface area contributed by atoms with Gasteiger partial charge in [0.15, 0.2) is 0 Å². The van der Waals surface area contributed by atoms with Gasteiger partial charge in [-0.2, -0.15) is 4.31 Å². The fourth-order valence-corrected chi connectivity index (χ4v) is 3.92. The van der Waals surface area contributed by atoms with E-state index >= 15 is 0 Å². The highest BCUT2D eigenvalue weighted by molar-refractivity contribution is 9.10. The Labute approximate surface area is 131 Å². The van der Waals surface area contributed by atoms with Crippen LogP contribution < -0.4 is 11.5 Å². The molecule has 0 unspecified atom stereocenters. The molecule has 118 valence electrons. The fraction of sp³-hybridized carbons (Fsp3) is 0.417. The van der Waals surface area contributed by atoms with Crippen LogP contribution in [-0.2, 0) is 14.8 Å². The molecule has 0 saturated heterocycles. The van der Waals surface area contributed by atoms with Crippen LogP contribution in [0.25, 0.3) is 0 Å².